The van der Waals surface area contributed by atoms with E-state index in [1.807, 2.05) is 5.38 Å². The van der Waals surface area contributed by atoms with Crippen molar-refractivity contribution in [3.63, 3.8) is 0 Å². The van der Waals surface area contributed by atoms with E-state index in [0.29, 0.717) is 23.7 Å². The third kappa shape index (κ3) is 2.38. The predicted octanol–water partition coefficient (Wildman–Crippen LogP) is 2.80. The molecule has 0 spiro atoms. The zero-order valence-electron chi connectivity index (χ0n) is 9.57. The molecule has 0 aliphatic heterocycles. The van der Waals surface area contributed by atoms with Crippen LogP contribution in [-0.4, -0.2) is 14.9 Å². The number of fused-ring (bicyclic) bond motifs is 1. The van der Waals surface area contributed by atoms with Gasteiger partial charge in [0.15, 0.2) is 5.58 Å². The number of hydrogen-bond donors (Lipinski definition) is 1. The highest BCUT2D eigenvalue weighted by molar-refractivity contribution is 7.09. The second kappa shape index (κ2) is 4.65. The summed E-state index contributed by atoms with van der Waals surface area (Å²) in [7, 11) is 0. The molecule has 3 rings (SSSR count). The van der Waals surface area contributed by atoms with Crippen molar-refractivity contribution in [3.8, 4) is 0 Å². The van der Waals surface area contributed by atoms with E-state index in [4.69, 9.17) is 4.42 Å². The normalized spacial score (nSPS) is 10.7. The molecule has 2 heterocycles. The van der Waals surface area contributed by atoms with Crippen molar-refractivity contribution in [1.82, 2.24) is 9.97 Å². The first kappa shape index (κ1) is 11.6. The molecule has 0 aliphatic rings. The molecule has 0 radical (unpaired) electrons. The molecule has 1 N–H and O–H groups in total. The molecule has 0 saturated carbocycles. The third-order valence-corrected chi connectivity index (χ3v) is 3.24. The zero-order valence-corrected chi connectivity index (χ0v) is 10.4. The molecule has 8 heteroatoms. The van der Waals surface area contributed by atoms with Crippen LogP contribution >= 0.6 is 11.3 Å². The average Bonchev–Trinajstić information content (AvgIpc) is 3.04. The minimum Gasteiger partial charge on any atom is -0.424 e. The maximum absolute atomic E-state index is 10.7. The van der Waals surface area contributed by atoms with Gasteiger partial charge in [-0.1, -0.05) is 0 Å². The van der Waals surface area contributed by atoms with E-state index in [1.165, 1.54) is 29.5 Å². The van der Waals surface area contributed by atoms with Crippen molar-refractivity contribution >= 4 is 34.1 Å². The van der Waals surface area contributed by atoms with Gasteiger partial charge in [0.1, 0.15) is 10.5 Å². The quantitative estimate of drug-likeness (QED) is 0.581. The summed E-state index contributed by atoms with van der Waals surface area (Å²) >= 11 is 1.52. The van der Waals surface area contributed by atoms with Gasteiger partial charge in [-0.3, -0.25) is 10.1 Å². The molecular weight excluding hydrogens is 268 g/mol. The lowest BCUT2D eigenvalue weighted by atomic mass is 10.3. The summed E-state index contributed by atoms with van der Waals surface area (Å²) in [5, 5.41) is 16.4. The minimum absolute atomic E-state index is 0.00715. The Morgan fingerprint density at radius 3 is 3.11 bits per heavy atom. The van der Waals surface area contributed by atoms with Gasteiger partial charge in [0.25, 0.3) is 11.7 Å². The van der Waals surface area contributed by atoms with Gasteiger partial charge in [-0.15, -0.1) is 11.3 Å². The van der Waals surface area contributed by atoms with E-state index in [1.54, 1.807) is 6.20 Å². The number of non-ortho nitro benzene ring substituents is 1. The van der Waals surface area contributed by atoms with E-state index in [9.17, 15) is 10.1 Å². The number of nitrogens with one attached hydrogen (secondary N) is 1. The van der Waals surface area contributed by atoms with Crippen molar-refractivity contribution in [2.75, 3.05) is 5.32 Å². The fourth-order valence-electron chi connectivity index (χ4n) is 1.60. The summed E-state index contributed by atoms with van der Waals surface area (Å²) in [5.41, 5.74) is 0.954. The highest BCUT2D eigenvalue weighted by Crippen LogP contribution is 2.23. The van der Waals surface area contributed by atoms with Crippen LogP contribution in [0.1, 0.15) is 5.01 Å². The van der Waals surface area contributed by atoms with Crippen molar-refractivity contribution in [2.24, 2.45) is 0 Å². The van der Waals surface area contributed by atoms with E-state index in [-0.39, 0.29) is 5.69 Å². The smallest absolute Gasteiger partial charge is 0.296 e. The monoisotopic (exact) mass is 276 g/mol. The minimum atomic E-state index is -0.462. The summed E-state index contributed by atoms with van der Waals surface area (Å²) in [5.74, 6) is 0. The number of thiazole rings is 1. The molecule has 0 bridgehead atoms. The molecule has 19 heavy (non-hydrogen) atoms. The first-order valence-corrected chi connectivity index (χ1v) is 6.27. The number of nitro benzene ring substituents is 1. The maximum Gasteiger partial charge on any atom is 0.296 e. The first-order valence-electron chi connectivity index (χ1n) is 5.39. The average molecular weight is 276 g/mol. The zero-order chi connectivity index (χ0) is 13.2. The number of aromatic nitrogens is 2. The Bertz CT molecular complexity index is 723. The lowest BCUT2D eigenvalue weighted by Gasteiger charge is -1.95. The van der Waals surface area contributed by atoms with Gasteiger partial charge in [-0.2, -0.15) is 4.98 Å². The van der Waals surface area contributed by atoms with Crippen molar-refractivity contribution < 1.29 is 9.34 Å². The van der Waals surface area contributed by atoms with E-state index in [2.05, 4.69) is 15.3 Å². The van der Waals surface area contributed by atoms with E-state index in [0.717, 1.165) is 5.01 Å². The Kier molecular flexibility index (Phi) is 2.84. The van der Waals surface area contributed by atoms with Gasteiger partial charge in [0.05, 0.1) is 11.5 Å². The highest BCUT2D eigenvalue weighted by Gasteiger charge is 2.11. The van der Waals surface area contributed by atoms with Gasteiger partial charge in [-0.05, 0) is 6.07 Å². The number of oxazole rings is 1. The molecule has 0 amide bonds. The molecule has 0 unspecified atom stereocenters. The largest absolute Gasteiger partial charge is 0.424 e. The Labute approximate surface area is 111 Å². The van der Waals surface area contributed by atoms with Gasteiger partial charge in [0.2, 0.25) is 0 Å². The van der Waals surface area contributed by atoms with Crippen LogP contribution in [0.15, 0.2) is 34.2 Å². The maximum atomic E-state index is 10.7. The predicted molar refractivity (Wildman–Crippen MR) is 70.1 cm³/mol. The Hall–Kier alpha value is -2.48. The second-order valence-corrected chi connectivity index (χ2v) is 4.69. The topological polar surface area (TPSA) is 94.1 Å². The lowest BCUT2D eigenvalue weighted by Crippen LogP contribution is -1.98. The van der Waals surface area contributed by atoms with Gasteiger partial charge in [0, 0.05) is 23.7 Å². The highest BCUT2D eigenvalue weighted by atomic mass is 32.1. The Morgan fingerprint density at radius 2 is 2.37 bits per heavy atom. The number of anilines is 1. The fourth-order valence-corrected chi connectivity index (χ4v) is 2.15. The van der Waals surface area contributed by atoms with Crippen LogP contribution in [0.25, 0.3) is 11.1 Å². The van der Waals surface area contributed by atoms with Gasteiger partial charge < -0.3 is 9.73 Å². The molecule has 2 aromatic heterocycles. The lowest BCUT2D eigenvalue weighted by molar-refractivity contribution is -0.384. The standard InChI is InChI=1S/C11H8N4O3S/c16-15(17)7-1-2-9-8(5-7)14-11(18-9)13-6-10-12-3-4-19-10/h1-5H,6H2,(H,13,14). The molecule has 3 aromatic rings. The summed E-state index contributed by atoms with van der Waals surface area (Å²) in [6, 6.07) is 4.63. The molecule has 0 fully saturated rings. The number of nitro groups is 1. The number of nitrogens with zero attached hydrogens (tertiary/aromatic N) is 3. The van der Waals surface area contributed by atoms with Gasteiger partial charge >= 0.3 is 0 Å². The van der Waals surface area contributed by atoms with Crippen LogP contribution in [0.2, 0.25) is 0 Å². The van der Waals surface area contributed by atoms with Crippen molar-refractivity contribution in [2.45, 2.75) is 6.54 Å². The molecule has 0 aliphatic carbocycles. The molecule has 0 saturated heterocycles. The van der Waals surface area contributed by atoms with Crippen molar-refractivity contribution in [1.29, 1.82) is 0 Å². The van der Waals surface area contributed by atoms with Gasteiger partial charge in [-0.25, -0.2) is 4.98 Å². The molecule has 0 atom stereocenters. The SMILES string of the molecule is O=[N+]([O-])c1ccc2oc(NCc3nccs3)nc2c1. The third-order valence-electron chi connectivity index (χ3n) is 2.46. The second-order valence-electron chi connectivity index (χ2n) is 3.71. The van der Waals surface area contributed by atoms with E-state index >= 15 is 0 Å². The molecule has 1 aromatic carbocycles. The van der Waals surface area contributed by atoms with Crippen molar-refractivity contribution in [3.05, 3.63) is 44.9 Å². The van der Waals surface area contributed by atoms with Crippen LogP contribution in [-0.2, 0) is 6.54 Å². The summed E-state index contributed by atoms with van der Waals surface area (Å²) in [4.78, 5) is 18.5. The molecular formula is C11H8N4O3S. The van der Waals surface area contributed by atoms with Crippen LogP contribution in [0.3, 0.4) is 0 Å². The molecule has 7 nitrogen and oxygen atoms in total. The Morgan fingerprint density at radius 1 is 1.47 bits per heavy atom. The van der Waals surface area contributed by atoms with Crippen LogP contribution in [0.4, 0.5) is 11.7 Å². The number of rotatable bonds is 4. The van der Waals surface area contributed by atoms with Crippen LogP contribution < -0.4 is 5.32 Å². The number of benzene rings is 1. The Balaban J connectivity index is 1.83. The summed E-state index contributed by atoms with van der Waals surface area (Å²) in [6.07, 6.45) is 1.72. The first-order chi connectivity index (χ1) is 9.22. The van der Waals surface area contributed by atoms with E-state index < -0.39 is 4.92 Å². The fraction of sp³-hybridized carbons (Fsp3) is 0.0909. The summed E-state index contributed by atoms with van der Waals surface area (Å²) in [6.45, 7) is 0.507. The number of hydrogen-bond acceptors (Lipinski definition) is 7. The van der Waals surface area contributed by atoms with Crippen LogP contribution in [0, 0.1) is 10.1 Å². The van der Waals surface area contributed by atoms with Crippen LogP contribution in [0.5, 0.6) is 0 Å². The summed E-state index contributed by atoms with van der Waals surface area (Å²) < 4.78 is 5.43. The molecule has 96 valence electrons.